The van der Waals surface area contributed by atoms with Crippen LogP contribution in [0, 0.1) is 0 Å². The first kappa shape index (κ1) is 14.8. The molecule has 1 aliphatic heterocycles. The van der Waals surface area contributed by atoms with Gasteiger partial charge in [-0.15, -0.1) is 0 Å². The average molecular weight is 300 g/mol. The van der Waals surface area contributed by atoms with Crippen molar-refractivity contribution in [1.82, 2.24) is 5.32 Å². The van der Waals surface area contributed by atoms with Crippen LogP contribution in [0.4, 0.5) is 5.69 Å². The van der Waals surface area contributed by atoms with Gasteiger partial charge in [-0.1, -0.05) is 12.1 Å². The van der Waals surface area contributed by atoms with E-state index in [1.807, 2.05) is 0 Å². The third kappa shape index (κ3) is 3.69. The largest absolute Gasteiger partial charge is 0.394 e. The summed E-state index contributed by atoms with van der Waals surface area (Å²) in [5.74, 6) is -0.268. The highest BCUT2D eigenvalue weighted by Gasteiger charge is 2.30. The molecule has 0 bridgehead atoms. The molecule has 0 aromatic heterocycles. The van der Waals surface area contributed by atoms with Crippen molar-refractivity contribution in [3.63, 3.8) is 0 Å². The number of rotatable bonds is 4. The van der Waals surface area contributed by atoms with E-state index in [0.717, 1.165) is 11.8 Å². The van der Waals surface area contributed by atoms with Gasteiger partial charge in [0.15, 0.2) is 0 Å². The molecule has 1 saturated heterocycles. The number of morpholine rings is 1. The maximum absolute atomic E-state index is 11.2. The molecular formula is C12H16N2O5S. The summed E-state index contributed by atoms with van der Waals surface area (Å²) in [5, 5.41) is 11.9. The lowest BCUT2D eigenvalue weighted by Gasteiger charge is -2.31. The number of nitrogens with one attached hydrogen (secondary N) is 2. The Balaban J connectivity index is 2.14. The van der Waals surface area contributed by atoms with Crippen LogP contribution in [0.2, 0.25) is 0 Å². The average Bonchev–Trinajstić information content (AvgIpc) is 2.38. The molecule has 3 N–H and O–H groups in total. The van der Waals surface area contributed by atoms with Crippen molar-refractivity contribution >= 4 is 21.6 Å². The molecule has 2 rings (SSSR count). The fraction of sp³-hybridized carbons (Fsp3) is 0.417. The van der Waals surface area contributed by atoms with Crippen LogP contribution in [0.3, 0.4) is 0 Å². The first-order valence-corrected chi connectivity index (χ1v) is 7.88. The molecule has 2 unspecified atom stereocenters. The van der Waals surface area contributed by atoms with Gasteiger partial charge in [0, 0.05) is 5.69 Å². The molecular weight excluding hydrogens is 284 g/mol. The Bertz CT molecular complexity index is 584. The lowest BCUT2D eigenvalue weighted by molar-refractivity contribution is -0.138. The van der Waals surface area contributed by atoms with E-state index in [9.17, 15) is 18.3 Å². The Labute approximate surface area is 117 Å². The normalized spacial score (nSPS) is 23.2. The highest BCUT2D eigenvalue weighted by atomic mass is 32.2. The topological polar surface area (TPSA) is 105 Å². The lowest BCUT2D eigenvalue weighted by Crippen LogP contribution is -2.49. The van der Waals surface area contributed by atoms with E-state index < -0.39 is 22.2 Å². The van der Waals surface area contributed by atoms with Gasteiger partial charge < -0.3 is 15.2 Å². The molecule has 0 aliphatic carbocycles. The SMILES string of the molecule is CS(=O)(=O)Nc1ccc(C2OCC(=O)NC2CO)cc1. The second kappa shape index (κ2) is 5.78. The Kier molecular flexibility index (Phi) is 4.26. The van der Waals surface area contributed by atoms with Gasteiger partial charge in [0.1, 0.15) is 12.7 Å². The number of sulfonamides is 1. The van der Waals surface area contributed by atoms with Crippen molar-refractivity contribution < 1.29 is 23.1 Å². The zero-order valence-electron chi connectivity index (χ0n) is 10.9. The van der Waals surface area contributed by atoms with Gasteiger partial charge in [-0.25, -0.2) is 8.42 Å². The minimum atomic E-state index is -3.32. The lowest BCUT2D eigenvalue weighted by atomic mass is 10.0. The van der Waals surface area contributed by atoms with Crippen molar-refractivity contribution in [1.29, 1.82) is 0 Å². The second-order valence-corrected chi connectivity index (χ2v) is 6.33. The van der Waals surface area contributed by atoms with Gasteiger partial charge in [-0.3, -0.25) is 9.52 Å². The quantitative estimate of drug-likeness (QED) is 0.702. The Morgan fingerprint density at radius 3 is 2.60 bits per heavy atom. The van der Waals surface area contributed by atoms with Crippen molar-refractivity contribution in [3.05, 3.63) is 29.8 Å². The summed E-state index contributed by atoms with van der Waals surface area (Å²) < 4.78 is 30.0. The molecule has 8 heteroatoms. The van der Waals surface area contributed by atoms with Gasteiger partial charge in [-0.2, -0.15) is 0 Å². The van der Waals surface area contributed by atoms with Crippen molar-refractivity contribution in [2.75, 3.05) is 24.2 Å². The molecule has 2 atom stereocenters. The van der Waals surface area contributed by atoms with Gasteiger partial charge in [0.25, 0.3) is 0 Å². The predicted molar refractivity (Wildman–Crippen MR) is 72.6 cm³/mol. The van der Waals surface area contributed by atoms with E-state index in [-0.39, 0.29) is 19.1 Å². The number of ether oxygens (including phenoxy) is 1. The van der Waals surface area contributed by atoms with E-state index >= 15 is 0 Å². The smallest absolute Gasteiger partial charge is 0.246 e. The summed E-state index contributed by atoms with van der Waals surface area (Å²) in [5.41, 5.74) is 1.19. The monoisotopic (exact) mass is 300 g/mol. The standard InChI is InChI=1S/C12H16N2O5S/c1-20(17,18)14-9-4-2-8(3-5-9)12-10(6-15)13-11(16)7-19-12/h2-5,10,12,14-15H,6-7H2,1H3,(H,13,16). The number of aliphatic hydroxyl groups excluding tert-OH is 1. The molecule has 1 fully saturated rings. The molecule has 1 aliphatic rings. The van der Waals surface area contributed by atoms with Crippen molar-refractivity contribution in [2.24, 2.45) is 0 Å². The van der Waals surface area contributed by atoms with E-state index in [1.165, 1.54) is 0 Å². The number of aliphatic hydroxyl groups is 1. The summed E-state index contributed by atoms with van der Waals surface area (Å²) in [6, 6.07) is 6.08. The predicted octanol–water partition coefficient (Wildman–Crippen LogP) is -0.393. The molecule has 110 valence electrons. The Morgan fingerprint density at radius 1 is 1.40 bits per heavy atom. The van der Waals surface area contributed by atoms with Gasteiger partial charge in [0.05, 0.1) is 18.9 Å². The highest BCUT2D eigenvalue weighted by molar-refractivity contribution is 7.92. The van der Waals surface area contributed by atoms with E-state index in [2.05, 4.69) is 10.0 Å². The van der Waals surface area contributed by atoms with Crippen LogP contribution >= 0.6 is 0 Å². The van der Waals surface area contributed by atoms with Crippen molar-refractivity contribution in [2.45, 2.75) is 12.1 Å². The second-order valence-electron chi connectivity index (χ2n) is 4.58. The van der Waals surface area contributed by atoms with Crippen LogP contribution in [-0.2, 0) is 19.6 Å². The minimum Gasteiger partial charge on any atom is -0.394 e. The van der Waals surface area contributed by atoms with Gasteiger partial charge >= 0.3 is 0 Å². The van der Waals surface area contributed by atoms with E-state index in [0.29, 0.717) is 5.69 Å². The van der Waals surface area contributed by atoms with Crippen LogP contribution in [0.15, 0.2) is 24.3 Å². The summed E-state index contributed by atoms with van der Waals surface area (Å²) in [4.78, 5) is 11.2. The fourth-order valence-corrected chi connectivity index (χ4v) is 2.59. The number of carbonyl (C=O) groups excluding carboxylic acids is 1. The number of benzene rings is 1. The molecule has 0 radical (unpaired) electrons. The van der Waals surface area contributed by atoms with Crippen LogP contribution < -0.4 is 10.0 Å². The molecule has 0 saturated carbocycles. The molecule has 1 aromatic carbocycles. The number of hydrogen-bond donors (Lipinski definition) is 3. The Hall–Kier alpha value is -1.64. The Morgan fingerprint density at radius 2 is 2.05 bits per heavy atom. The maximum atomic E-state index is 11.2. The number of carbonyl (C=O) groups is 1. The third-order valence-electron chi connectivity index (χ3n) is 2.84. The number of amides is 1. The van der Waals surface area contributed by atoms with Gasteiger partial charge in [-0.05, 0) is 17.7 Å². The third-order valence-corrected chi connectivity index (χ3v) is 3.45. The highest BCUT2D eigenvalue weighted by Crippen LogP contribution is 2.25. The molecule has 1 amide bonds. The zero-order valence-corrected chi connectivity index (χ0v) is 11.7. The van der Waals surface area contributed by atoms with Crippen LogP contribution in [0.25, 0.3) is 0 Å². The van der Waals surface area contributed by atoms with Crippen LogP contribution in [-0.4, -0.2) is 44.9 Å². The molecule has 1 aromatic rings. The number of hydrogen-bond acceptors (Lipinski definition) is 5. The first-order chi connectivity index (χ1) is 9.39. The fourth-order valence-electron chi connectivity index (χ4n) is 2.03. The molecule has 1 heterocycles. The molecule has 7 nitrogen and oxygen atoms in total. The van der Waals surface area contributed by atoms with Crippen LogP contribution in [0.1, 0.15) is 11.7 Å². The molecule has 0 spiro atoms. The number of anilines is 1. The summed E-state index contributed by atoms with van der Waals surface area (Å²) in [6.45, 7) is -0.301. The van der Waals surface area contributed by atoms with Crippen molar-refractivity contribution in [3.8, 4) is 0 Å². The van der Waals surface area contributed by atoms with Crippen LogP contribution in [0.5, 0.6) is 0 Å². The maximum Gasteiger partial charge on any atom is 0.246 e. The van der Waals surface area contributed by atoms with E-state index in [4.69, 9.17) is 4.74 Å². The summed E-state index contributed by atoms with van der Waals surface area (Å²) >= 11 is 0. The minimum absolute atomic E-state index is 0.0650. The zero-order chi connectivity index (χ0) is 14.8. The molecule has 20 heavy (non-hydrogen) atoms. The van der Waals surface area contributed by atoms with Gasteiger partial charge in [0.2, 0.25) is 15.9 Å². The first-order valence-electron chi connectivity index (χ1n) is 5.98. The summed E-state index contributed by atoms with van der Waals surface area (Å²) in [6.07, 6.45) is 0.618. The summed E-state index contributed by atoms with van der Waals surface area (Å²) in [7, 11) is -3.32. The van der Waals surface area contributed by atoms with E-state index in [1.54, 1.807) is 24.3 Å².